The van der Waals surface area contributed by atoms with Crippen LogP contribution in [0.4, 0.5) is 0 Å². The Morgan fingerprint density at radius 2 is 0.714 bits per heavy atom. The molecule has 0 saturated heterocycles. The van der Waals surface area contributed by atoms with E-state index < -0.39 is 166 Å². The van der Waals surface area contributed by atoms with E-state index in [4.69, 9.17) is 4.55 Å². The van der Waals surface area contributed by atoms with Crippen LogP contribution >= 0.6 is 0 Å². The van der Waals surface area contributed by atoms with E-state index in [2.05, 4.69) is 0 Å². The zero-order chi connectivity index (χ0) is 42.7. The number of hydrogen-bond acceptors (Lipinski definition) is 16. The Morgan fingerprint density at radius 3 is 0.982 bits per heavy atom. The average Bonchev–Trinajstić information content (AvgIpc) is 3.00. The zero-order valence-electron chi connectivity index (χ0n) is 27.0. The van der Waals surface area contributed by atoms with E-state index in [9.17, 15) is 94.4 Å². The van der Waals surface area contributed by atoms with Crippen molar-refractivity contribution in [2.45, 2.75) is 32.8 Å². The second-order valence-corrected chi connectivity index (χ2v) is 21.2. The van der Waals surface area contributed by atoms with Crippen molar-refractivity contribution in [3.8, 4) is 5.75 Å². The van der Waals surface area contributed by atoms with Crippen molar-refractivity contribution >= 4 is 111 Å². The Morgan fingerprint density at radius 1 is 0.464 bits per heavy atom. The Hall–Kier alpha value is -4.41. The van der Waals surface area contributed by atoms with Gasteiger partial charge in [0.25, 0.3) is 30.4 Å². The molecule has 4 rings (SSSR count). The Bertz CT molecular complexity index is 2900. The summed E-state index contributed by atoms with van der Waals surface area (Å²) in [5.74, 6) is -12.7. The number of benzene rings is 4. The fraction of sp³-hybridized carbons (Fsp3) is 0.240. The van der Waals surface area contributed by atoms with Crippen LogP contribution in [0.5, 0.6) is 5.75 Å². The lowest BCUT2D eigenvalue weighted by Gasteiger charge is -2.22. The summed E-state index contributed by atoms with van der Waals surface area (Å²) in [7, 11) is -32.0. The third-order valence-electron chi connectivity index (χ3n) is 7.55. The van der Waals surface area contributed by atoms with Gasteiger partial charge in [-0.2, -0.15) is 39.4 Å². The molecule has 4 aromatic carbocycles. The number of nitrogens with one attached hydrogen (secondary N) is 3. The number of carboxylic acids is 3. The molecule has 3 atom stereocenters. The Balaban J connectivity index is 2.17. The van der Waals surface area contributed by atoms with Crippen LogP contribution in [0.2, 0.25) is 0 Å². The van der Waals surface area contributed by atoms with Crippen molar-refractivity contribution in [1.82, 2.24) is 14.2 Å². The van der Waals surface area contributed by atoms with Gasteiger partial charge in [0, 0.05) is 38.4 Å². The van der Waals surface area contributed by atoms with Gasteiger partial charge in [-0.05, 0) is 12.1 Å². The molecule has 0 aliphatic carbocycles. The second kappa shape index (κ2) is 14.8. The van der Waals surface area contributed by atoms with Crippen molar-refractivity contribution in [2.75, 3.05) is 17.3 Å². The van der Waals surface area contributed by atoms with Crippen LogP contribution in [0.15, 0.2) is 51.1 Å². The molecular formula is C25H25N3O22S6. The van der Waals surface area contributed by atoms with Gasteiger partial charge in [-0.3, -0.25) is 28.0 Å². The third kappa shape index (κ3) is 9.75. The molecule has 0 spiro atoms. The van der Waals surface area contributed by atoms with E-state index in [1.54, 1.807) is 0 Å². The van der Waals surface area contributed by atoms with E-state index in [0.717, 1.165) is 24.3 Å². The second-order valence-electron chi connectivity index (χ2n) is 11.6. The number of carbonyl (C=O) groups is 3. The molecule has 0 bridgehead atoms. The van der Waals surface area contributed by atoms with Crippen molar-refractivity contribution < 1.29 is 99.0 Å². The molecule has 0 amide bonds. The highest BCUT2D eigenvalue weighted by Gasteiger charge is 2.37. The van der Waals surface area contributed by atoms with Gasteiger partial charge in [0.05, 0.1) is 14.7 Å². The number of rotatable bonds is 18. The lowest BCUT2D eigenvalue weighted by atomic mass is 9.94. The smallest absolute Gasteiger partial charge is 0.322 e. The van der Waals surface area contributed by atoms with E-state index in [1.807, 2.05) is 0 Å². The quantitative estimate of drug-likeness (QED) is 0.0355. The fourth-order valence-corrected chi connectivity index (χ4v) is 12.0. The summed E-state index contributed by atoms with van der Waals surface area (Å²) in [4.78, 5) is 31.7. The summed E-state index contributed by atoms with van der Waals surface area (Å²) in [6, 6.07) is -3.69. The maximum absolute atomic E-state index is 13.8. The first-order valence-corrected chi connectivity index (χ1v) is 23.6. The summed E-state index contributed by atoms with van der Waals surface area (Å²) in [6.45, 7) is 0. The van der Waals surface area contributed by atoms with Gasteiger partial charge in [-0.15, -0.1) is 0 Å². The molecule has 0 aromatic heterocycles. The monoisotopic (exact) mass is 911 g/mol. The van der Waals surface area contributed by atoms with Crippen molar-refractivity contribution in [2.24, 2.45) is 0 Å². The first-order chi connectivity index (χ1) is 25.2. The molecule has 31 heteroatoms. The predicted molar refractivity (Wildman–Crippen MR) is 186 cm³/mol. The van der Waals surface area contributed by atoms with Crippen LogP contribution in [0, 0.1) is 0 Å². The van der Waals surface area contributed by atoms with Gasteiger partial charge in [-0.25, -0.2) is 25.3 Å². The van der Waals surface area contributed by atoms with Gasteiger partial charge in [0.1, 0.15) is 41.1 Å². The minimum atomic E-state index is -5.54. The Labute approximate surface area is 314 Å². The molecule has 0 heterocycles. The molecule has 56 heavy (non-hydrogen) atoms. The van der Waals surface area contributed by atoms with Crippen molar-refractivity contribution in [3.05, 3.63) is 36.4 Å². The van der Waals surface area contributed by atoms with Crippen LogP contribution < -0.4 is 14.2 Å². The molecule has 308 valence electrons. The summed E-state index contributed by atoms with van der Waals surface area (Å²) in [5.41, 5.74) is 0. The first-order valence-electron chi connectivity index (χ1n) is 14.3. The molecule has 0 fully saturated rings. The van der Waals surface area contributed by atoms with Gasteiger partial charge in [-0.1, -0.05) is 18.2 Å². The Kier molecular flexibility index (Phi) is 11.7. The minimum Gasteiger partial charge on any atom is -0.507 e. The normalized spacial score (nSPS) is 15.2. The summed E-state index contributed by atoms with van der Waals surface area (Å²) < 4.78 is 183. The van der Waals surface area contributed by atoms with Crippen molar-refractivity contribution in [1.29, 1.82) is 0 Å². The number of phenols is 1. The highest BCUT2D eigenvalue weighted by Crippen LogP contribution is 2.45. The number of aromatic hydroxyl groups is 1. The molecule has 0 aliphatic heterocycles. The standard InChI is InChI=1S/C25H25N3O22S6/c29-17-5-18(54(45,46)26-14(23(30)31)7-51(36,37)38)11-3-4-13-20(56(49,50)28-16(25(34)35)9-53(42,43)44)6-19(12-2-1-10(17)21(11)22(12)13)55(47,48)27-15(24(32)33)8-52(39,40)41/h1-6,14-16,26-29H,7-9H2,(H,30,31)(H,32,33)(H,34,35)(H,36,37,38)(H,39,40,41)(H,42,43,44). The fourth-order valence-electron chi connectivity index (χ4n) is 5.40. The topological polar surface area (TPSA) is 434 Å². The van der Waals surface area contributed by atoms with Gasteiger partial charge in [0.15, 0.2) is 0 Å². The van der Waals surface area contributed by atoms with Crippen LogP contribution in [-0.2, 0) is 74.8 Å². The SMILES string of the molecule is O=C(O)C(CS(=O)(=O)O)NS(=O)(=O)c1cc(O)c2ccc3c(S(=O)(=O)NC(CS(=O)(=O)O)C(=O)O)cc(S(=O)(=O)NC(CS(=O)(=O)O)C(=O)O)c4ccc1c2c34. The molecule has 0 saturated carbocycles. The number of sulfonamides is 3. The summed E-state index contributed by atoms with van der Waals surface area (Å²) >= 11 is 0. The maximum Gasteiger partial charge on any atom is 0.322 e. The largest absolute Gasteiger partial charge is 0.507 e. The van der Waals surface area contributed by atoms with E-state index in [0.29, 0.717) is 6.07 Å². The van der Waals surface area contributed by atoms with E-state index >= 15 is 0 Å². The average molecular weight is 912 g/mol. The summed E-state index contributed by atoms with van der Waals surface area (Å²) in [5, 5.41) is 35.9. The zero-order valence-corrected chi connectivity index (χ0v) is 31.9. The van der Waals surface area contributed by atoms with Gasteiger partial charge >= 0.3 is 17.9 Å². The van der Waals surface area contributed by atoms with Crippen LogP contribution in [0.1, 0.15) is 0 Å². The highest BCUT2D eigenvalue weighted by atomic mass is 32.2. The number of phenolic OH excluding ortho intramolecular Hbond substituents is 1. The highest BCUT2D eigenvalue weighted by molar-refractivity contribution is 7.91. The van der Waals surface area contributed by atoms with Gasteiger partial charge < -0.3 is 20.4 Å². The number of hydrogen-bond donors (Lipinski definition) is 10. The molecule has 0 aliphatic rings. The van der Waals surface area contributed by atoms with Crippen molar-refractivity contribution in [3.63, 3.8) is 0 Å². The minimum absolute atomic E-state index is 0.275. The molecule has 0 radical (unpaired) electrons. The predicted octanol–water partition coefficient (Wildman–Crippen LogP) is -2.85. The molecular weight excluding hydrogens is 887 g/mol. The van der Waals surface area contributed by atoms with Crippen LogP contribution in [0.3, 0.4) is 0 Å². The maximum atomic E-state index is 13.8. The first kappa shape index (κ1) is 44.3. The van der Waals surface area contributed by atoms with Crippen LogP contribution in [0.25, 0.3) is 32.3 Å². The number of carboxylic acid groups (broad SMARTS) is 3. The molecule has 10 N–H and O–H groups in total. The molecule has 25 nitrogen and oxygen atoms in total. The van der Waals surface area contributed by atoms with Gasteiger partial charge in [0.2, 0.25) is 30.1 Å². The lowest BCUT2D eigenvalue weighted by molar-refractivity contribution is -0.139. The number of aliphatic carboxylic acids is 3. The molecule has 3 unspecified atom stereocenters. The molecule has 4 aromatic rings. The van der Waals surface area contributed by atoms with E-state index in [1.165, 1.54) is 14.2 Å². The third-order valence-corrected chi connectivity index (χ3v) is 14.3. The lowest BCUT2D eigenvalue weighted by Crippen LogP contribution is -2.46. The van der Waals surface area contributed by atoms with E-state index in [-0.39, 0.29) is 6.07 Å². The van der Waals surface area contributed by atoms with Crippen LogP contribution in [-0.4, -0.2) is 138 Å². The summed E-state index contributed by atoms with van der Waals surface area (Å²) in [6.07, 6.45) is 0.